The van der Waals surface area contributed by atoms with E-state index in [0.29, 0.717) is 5.25 Å². The van der Waals surface area contributed by atoms with E-state index < -0.39 is 0 Å². The minimum Gasteiger partial charge on any atom is -0.333 e. The van der Waals surface area contributed by atoms with Gasteiger partial charge in [0.15, 0.2) is 0 Å². The molecular weight excluding hydrogens is 268 g/mol. The number of carbonyl (C=O) groups is 1. The van der Waals surface area contributed by atoms with E-state index >= 15 is 0 Å². The molecular formula is C16H24N2OS. The summed E-state index contributed by atoms with van der Waals surface area (Å²) in [6.45, 7) is 7.71. The topological polar surface area (TPSA) is 32.3 Å². The van der Waals surface area contributed by atoms with Crippen molar-refractivity contribution < 1.29 is 4.79 Å². The van der Waals surface area contributed by atoms with Gasteiger partial charge in [0, 0.05) is 29.6 Å². The van der Waals surface area contributed by atoms with Gasteiger partial charge in [-0.25, -0.2) is 4.79 Å². The first kappa shape index (κ1) is 15.2. The van der Waals surface area contributed by atoms with Crippen LogP contribution in [0.2, 0.25) is 0 Å². The van der Waals surface area contributed by atoms with E-state index in [9.17, 15) is 4.79 Å². The lowest BCUT2D eigenvalue weighted by Crippen LogP contribution is -2.49. The molecule has 1 N–H and O–H groups in total. The molecule has 0 bridgehead atoms. The summed E-state index contributed by atoms with van der Waals surface area (Å²) in [6.07, 6.45) is 1.02. The first-order valence-electron chi connectivity index (χ1n) is 7.19. The van der Waals surface area contributed by atoms with Crippen LogP contribution in [-0.4, -0.2) is 35.3 Å². The fourth-order valence-electron chi connectivity index (χ4n) is 2.31. The zero-order valence-corrected chi connectivity index (χ0v) is 13.4. The van der Waals surface area contributed by atoms with Crippen LogP contribution in [0, 0.1) is 0 Å². The molecule has 110 valence electrons. The summed E-state index contributed by atoms with van der Waals surface area (Å²) in [5.41, 5.74) is 1.20. The van der Waals surface area contributed by atoms with Crippen LogP contribution >= 0.6 is 11.8 Å². The highest BCUT2D eigenvalue weighted by atomic mass is 32.2. The van der Waals surface area contributed by atoms with E-state index in [4.69, 9.17) is 0 Å². The van der Waals surface area contributed by atoms with Crippen LogP contribution in [0.5, 0.6) is 0 Å². The fraction of sp³-hybridized carbons (Fsp3) is 0.562. The minimum absolute atomic E-state index is 0.0619. The van der Waals surface area contributed by atoms with Gasteiger partial charge in [-0.2, -0.15) is 11.8 Å². The number of rotatable bonds is 1. The van der Waals surface area contributed by atoms with E-state index in [2.05, 4.69) is 29.6 Å². The van der Waals surface area contributed by atoms with Crippen molar-refractivity contribution in [2.75, 3.05) is 18.8 Å². The van der Waals surface area contributed by atoms with Crippen molar-refractivity contribution in [1.82, 2.24) is 10.2 Å². The summed E-state index contributed by atoms with van der Waals surface area (Å²) in [7, 11) is 0. The zero-order chi connectivity index (χ0) is 14.6. The maximum absolute atomic E-state index is 12.2. The van der Waals surface area contributed by atoms with Crippen molar-refractivity contribution in [1.29, 1.82) is 0 Å². The number of carbonyl (C=O) groups excluding carboxylic acids is 1. The van der Waals surface area contributed by atoms with Crippen LogP contribution in [-0.2, 0) is 0 Å². The van der Waals surface area contributed by atoms with Crippen molar-refractivity contribution in [3.63, 3.8) is 0 Å². The molecule has 1 unspecified atom stereocenters. The van der Waals surface area contributed by atoms with Gasteiger partial charge in [0.1, 0.15) is 0 Å². The number of hydrogen-bond acceptors (Lipinski definition) is 2. The predicted octanol–water partition coefficient (Wildman–Crippen LogP) is 3.67. The monoisotopic (exact) mass is 292 g/mol. The number of nitrogens with zero attached hydrogens (tertiary/aromatic N) is 1. The molecule has 0 aliphatic carbocycles. The molecule has 3 nitrogen and oxygen atoms in total. The van der Waals surface area contributed by atoms with E-state index in [-0.39, 0.29) is 11.6 Å². The second-order valence-corrected chi connectivity index (χ2v) is 7.54. The molecule has 20 heavy (non-hydrogen) atoms. The summed E-state index contributed by atoms with van der Waals surface area (Å²) in [4.78, 5) is 14.2. The summed E-state index contributed by atoms with van der Waals surface area (Å²) in [6, 6.07) is 10.7. The standard InChI is InChI=1S/C16H24N2OS/c1-16(2,3)17-15(19)18-10-9-14(20-12-11-18)13-7-5-4-6-8-13/h4-8,14H,9-12H2,1-3H3,(H,17,19). The number of thioether (sulfide) groups is 1. The van der Waals surface area contributed by atoms with Crippen LogP contribution in [0.3, 0.4) is 0 Å². The number of hydrogen-bond donors (Lipinski definition) is 1. The molecule has 1 fully saturated rings. The summed E-state index contributed by atoms with van der Waals surface area (Å²) in [5, 5.41) is 3.55. The number of amides is 2. The van der Waals surface area contributed by atoms with Crippen molar-refractivity contribution in [3.05, 3.63) is 35.9 Å². The third-order valence-corrected chi connectivity index (χ3v) is 4.61. The van der Waals surface area contributed by atoms with Crippen LogP contribution in [0.1, 0.15) is 38.0 Å². The SMILES string of the molecule is CC(C)(C)NC(=O)N1CCSC(c2ccccc2)CC1. The molecule has 1 aromatic rings. The minimum atomic E-state index is -0.171. The van der Waals surface area contributed by atoms with Gasteiger partial charge in [0.25, 0.3) is 0 Å². The molecule has 0 spiro atoms. The van der Waals surface area contributed by atoms with E-state index in [1.54, 1.807) is 0 Å². The Labute approximate surface area is 126 Å². The molecule has 1 saturated heterocycles. The van der Waals surface area contributed by atoms with Crippen molar-refractivity contribution in [3.8, 4) is 0 Å². The van der Waals surface area contributed by atoms with Gasteiger partial charge >= 0.3 is 6.03 Å². The molecule has 1 aliphatic rings. The van der Waals surface area contributed by atoms with Gasteiger partial charge in [-0.15, -0.1) is 0 Å². The molecule has 1 aliphatic heterocycles. The van der Waals surface area contributed by atoms with Gasteiger partial charge in [-0.3, -0.25) is 0 Å². The van der Waals surface area contributed by atoms with Crippen LogP contribution in [0.25, 0.3) is 0 Å². The lowest BCUT2D eigenvalue weighted by Gasteiger charge is -2.27. The smallest absolute Gasteiger partial charge is 0.317 e. The number of urea groups is 1. The van der Waals surface area contributed by atoms with Crippen LogP contribution in [0.15, 0.2) is 30.3 Å². The second kappa shape index (κ2) is 6.53. The lowest BCUT2D eigenvalue weighted by atomic mass is 10.1. The number of benzene rings is 1. The molecule has 0 aromatic heterocycles. The summed E-state index contributed by atoms with van der Waals surface area (Å²) in [5.74, 6) is 0.997. The Balaban J connectivity index is 1.94. The Hall–Kier alpha value is -1.16. The van der Waals surface area contributed by atoms with E-state index in [1.807, 2.05) is 43.5 Å². The largest absolute Gasteiger partial charge is 0.333 e. The average Bonchev–Trinajstić information content (AvgIpc) is 2.63. The average molecular weight is 292 g/mol. The Morgan fingerprint density at radius 1 is 1.25 bits per heavy atom. The summed E-state index contributed by atoms with van der Waals surface area (Å²) < 4.78 is 0. The van der Waals surface area contributed by atoms with E-state index in [0.717, 1.165) is 25.3 Å². The summed E-state index contributed by atoms with van der Waals surface area (Å²) >= 11 is 1.95. The van der Waals surface area contributed by atoms with Crippen molar-refractivity contribution in [2.24, 2.45) is 0 Å². The highest BCUT2D eigenvalue weighted by Crippen LogP contribution is 2.34. The highest BCUT2D eigenvalue weighted by Gasteiger charge is 2.24. The lowest BCUT2D eigenvalue weighted by molar-refractivity contribution is 0.192. The molecule has 0 radical (unpaired) electrons. The van der Waals surface area contributed by atoms with Crippen LogP contribution < -0.4 is 5.32 Å². The quantitative estimate of drug-likeness (QED) is 0.856. The molecule has 2 rings (SSSR count). The van der Waals surface area contributed by atoms with Gasteiger partial charge in [-0.1, -0.05) is 30.3 Å². The van der Waals surface area contributed by atoms with Crippen molar-refractivity contribution >= 4 is 17.8 Å². The predicted molar refractivity (Wildman–Crippen MR) is 86.1 cm³/mol. The van der Waals surface area contributed by atoms with Gasteiger partial charge < -0.3 is 10.2 Å². The second-order valence-electron chi connectivity index (χ2n) is 6.23. The maximum Gasteiger partial charge on any atom is 0.317 e. The van der Waals surface area contributed by atoms with Gasteiger partial charge in [0.05, 0.1) is 0 Å². The normalized spacial score (nSPS) is 20.4. The highest BCUT2D eigenvalue weighted by molar-refractivity contribution is 7.99. The Kier molecular flexibility index (Phi) is 4.97. The number of nitrogens with one attached hydrogen (secondary N) is 1. The fourth-order valence-corrected chi connectivity index (χ4v) is 3.54. The Morgan fingerprint density at radius 3 is 2.60 bits per heavy atom. The Morgan fingerprint density at radius 2 is 1.95 bits per heavy atom. The first-order valence-corrected chi connectivity index (χ1v) is 8.24. The van der Waals surface area contributed by atoms with Gasteiger partial charge in [0.2, 0.25) is 0 Å². The van der Waals surface area contributed by atoms with Gasteiger partial charge in [-0.05, 0) is 32.8 Å². The molecule has 0 saturated carbocycles. The molecule has 2 amide bonds. The zero-order valence-electron chi connectivity index (χ0n) is 12.6. The third kappa shape index (κ3) is 4.44. The third-order valence-electron chi connectivity index (χ3n) is 3.28. The molecule has 1 atom stereocenters. The Bertz CT molecular complexity index is 442. The molecule has 4 heteroatoms. The molecule has 1 heterocycles. The van der Waals surface area contributed by atoms with E-state index in [1.165, 1.54) is 5.56 Å². The van der Waals surface area contributed by atoms with Crippen LogP contribution in [0.4, 0.5) is 4.79 Å². The maximum atomic E-state index is 12.2. The van der Waals surface area contributed by atoms with Crippen molar-refractivity contribution in [2.45, 2.75) is 38.0 Å². The molecule has 1 aromatic carbocycles. The first-order chi connectivity index (χ1) is 9.46.